The van der Waals surface area contributed by atoms with E-state index in [2.05, 4.69) is 23.2 Å². The Hall–Kier alpha value is -1.05. The summed E-state index contributed by atoms with van der Waals surface area (Å²) in [6, 6.07) is 0. The van der Waals surface area contributed by atoms with E-state index in [0.717, 1.165) is 24.5 Å². The summed E-state index contributed by atoms with van der Waals surface area (Å²) >= 11 is 0. The molecule has 1 aliphatic heterocycles. The summed E-state index contributed by atoms with van der Waals surface area (Å²) in [5.41, 5.74) is 1.03. The molecule has 0 aromatic rings. The molecule has 0 aromatic heterocycles. The van der Waals surface area contributed by atoms with Crippen LogP contribution in [0.1, 0.15) is 19.8 Å². The van der Waals surface area contributed by atoms with Crippen molar-refractivity contribution in [2.45, 2.75) is 19.8 Å². The molecule has 0 bridgehead atoms. The Labute approximate surface area is 74.3 Å². The zero-order valence-electron chi connectivity index (χ0n) is 7.71. The lowest BCUT2D eigenvalue weighted by Gasteiger charge is -2.17. The maximum Gasteiger partial charge on any atom is 0.127 e. The average molecular weight is 164 g/mol. The predicted octanol–water partition coefficient (Wildman–Crippen LogP) is 2.20. The Morgan fingerprint density at radius 2 is 2.00 bits per heavy atom. The Morgan fingerprint density at radius 1 is 1.42 bits per heavy atom. The summed E-state index contributed by atoms with van der Waals surface area (Å²) in [6.45, 7) is 11.6. The molecule has 0 aromatic carbocycles. The van der Waals surface area contributed by atoms with Gasteiger partial charge in [-0.1, -0.05) is 12.2 Å². The second-order valence-corrected chi connectivity index (χ2v) is 3.20. The summed E-state index contributed by atoms with van der Waals surface area (Å²) in [6.07, 6.45) is 4.52. The summed E-state index contributed by atoms with van der Waals surface area (Å²) in [5.74, 6) is 0.972. The standard InChI is InChI=1S/C10H16N2/c1-9(2)8-10(11-3)12-6-4-5-7-12/h8H,1,3-7H2,2H3/b10-8+. The summed E-state index contributed by atoms with van der Waals surface area (Å²) in [5, 5.41) is 0. The molecule has 66 valence electrons. The summed E-state index contributed by atoms with van der Waals surface area (Å²) in [7, 11) is 0. The molecule has 1 saturated heterocycles. The maximum absolute atomic E-state index is 3.99. The molecular weight excluding hydrogens is 148 g/mol. The molecule has 0 radical (unpaired) electrons. The number of likely N-dealkylation sites (tertiary alicyclic amines) is 1. The number of allylic oxidation sites excluding steroid dienone is 2. The van der Waals surface area contributed by atoms with Crippen LogP contribution in [0.5, 0.6) is 0 Å². The largest absolute Gasteiger partial charge is 0.357 e. The second kappa shape index (κ2) is 4.10. The third-order valence-electron chi connectivity index (χ3n) is 1.97. The Bertz CT molecular complexity index is 210. The SMILES string of the molecule is C=N/C(=C\C(=C)C)N1CCCC1. The summed E-state index contributed by atoms with van der Waals surface area (Å²) < 4.78 is 0. The van der Waals surface area contributed by atoms with E-state index in [9.17, 15) is 0 Å². The summed E-state index contributed by atoms with van der Waals surface area (Å²) in [4.78, 5) is 6.24. The van der Waals surface area contributed by atoms with E-state index in [1.165, 1.54) is 12.8 Å². The van der Waals surface area contributed by atoms with Crippen molar-refractivity contribution in [2.75, 3.05) is 13.1 Å². The maximum atomic E-state index is 3.99. The third kappa shape index (κ3) is 2.22. The van der Waals surface area contributed by atoms with Crippen LogP contribution in [0.3, 0.4) is 0 Å². The number of hydrogen-bond acceptors (Lipinski definition) is 2. The Kier molecular flexibility index (Phi) is 3.09. The average Bonchev–Trinajstić information content (AvgIpc) is 2.51. The molecule has 0 N–H and O–H groups in total. The van der Waals surface area contributed by atoms with Crippen molar-refractivity contribution in [3.63, 3.8) is 0 Å². The Balaban J connectivity index is 2.66. The number of hydrogen-bond donors (Lipinski definition) is 0. The van der Waals surface area contributed by atoms with E-state index >= 15 is 0 Å². The van der Waals surface area contributed by atoms with Crippen LogP contribution in [0, 0.1) is 0 Å². The van der Waals surface area contributed by atoms with Crippen molar-refractivity contribution in [1.29, 1.82) is 0 Å². The topological polar surface area (TPSA) is 15.6 Å². The molecule has 1 fully saturated rings. The van der Waals surface area contributed by atoms with Crippen LogP contribution < -0.4 is 0 Å². The minimum absolute atomic E-state index is 0.972. The van der Waals surface area contributed by atoms with E-state index in [1.807, 2.05) is 13.0 Å². The molecule has 0 spiro atoms. The van der Waals surface area contributed by atoms with E-state index in [0.29, 0.717) is 0 Å². The molecular formula is C10H16N2. The highest BCUT2D eigenvalue weighted by Crippen LogP contribution is 2.16. The van der Waals surface area contributed by atoms with Gasteiger partial charge in [0, 0.05) is 13.1 Å². The van der Waals surface area contributed by atoms with Gasteiger partial charge >= 0.3 is 0 Å². The van der Waals surface area contributed by atoms with Gasteiger partial charge in [0.2, 0.25) is 0 Å². The van der Waals surface area contributed by atoms with Crippen molar-refractivity contribution < 1.29 is 0 Å². The van der Waals surface area contributed by atoms with Gasteiger partial charge in [-0.15, -0.1) is 0 Å². The highest BCUT2D eigenvalue weighted by Gasteiger charge is 2.12. The van der Waals surface area contributed by atoms with Gasteiger partial charge in [0.15, 0.2) is 0 Å². The molecule has 2 heteroatoms. The molecule has 0 amide bonds. The lowest BCUT2D eigenvalue weighted by molar-refractivity contribution is 0.423. The smallest absolute Gasteiger partial charge is 0.127 e. The second-order valence-electron chi connectivity index (χ2n) is 3.20. The van der Waals surface area contributed by atoms with E-state index in [1.54, 1.807) is 0 Å². The molecule has 1 aliphatic rings. The predicted molar refractivity (Wildman–Crippen MR) is 53.3 cm³/mol. The van der Waals surface area contributed by atoms with Crippen molar-refractivity contribution in [3.8, 4) is 0 Å². The quantitative estimate of drug-likeness (QED) is 0.461. The molecule has 2 nitrogen and oxygen atoms in total. The van der Waals surface area contributed by atoms with Crippen LogP contribution in [0.15, 0.2) is 29.0 Å². The molecule has 0 aliphatic carbocycles. The third-order valence-corrected chi connectivity index (χ3v) is 1.97. The van der Waals surface area contributed by atoms with Crippen molar-refractivity contribution in [3.05, 3.63) is 24.0 Å². The van der Waals surface area contributed by atoms with Crippen molar-refractivity contribution in [2.24, 2.45) is 4.99 Å². The minimum Gasteiger partial charge on any atom is -0.357 e. The van der Waals surface area contributed by atoms with Gasteiger partial charge in [-0.3, -0.25) is 0 Å². The Morgan fingerprint density at radius 3 is 2.42 bits per heavy atom. The zero-order chi connectivity index (χ0) is 8.97. The van der Waals surface area contributed by atoms with Gasteiger partial charge in [-0.25, -0.2) is 4.99 Å². The molecule has 0 unspecified atom stereocenters. The van der Waals surface area contributed by atoms with Gasteiger partial charge < -0.3 is 4.90 Å². The minimum atomic E-state index is 0.972. The number of rotatable bonds is 3. The van der Waals surface area contributed by atoms with Crippen LogP contribution in [-0.2, 0) is 0 Å². The zero-order valence-corrected chi connectivity index (χ0v) is 7.71. The fourth-order valence-electron chi connectivity index (χ4n) is 1.40. The molecule has 0 saturated carbocycles. The number of nitrogens with zero attached hydrogens (tertiary/aromatic N) is 2. The van der Waals surface area contributed by atoms with Crippen molar-refractivity contribution in [1.82, 2.24) is 4.90 Å². The van der Waals surface area contributed by atoms with Gasteiger partial charge in [-0.2, -0.15) is 0 Å². The first-order valence-corrected chi connectivity index (χ1v) is 4.33. The molecule has 12 heavy (non-hydrogen) atoms. The lowest BCUT2D eigenvalue weighted by Crippen LogP contribution is -2.17. The first kappa shape index (κ1) is 9.04. The molecule has 1 rings (SSSR count). The highest BCUT2D eigenvalue weighted by molar-refractivity contribution is 5.31. The normalized spacial score (nSPS) is 18.1. The highest BCUT2D eigenvalue weighted by atomic mass is 15.2. The van der Waals surface area contributed by atoms with Gasteiger partial charge in [0.25, 0.3) is 0 Å². The fraction of sp³-hybridized carbons (Fsp3) is 0.500. The van der Waals surface area contributed by atoms with E-state index in [-0.39, 0.29) is 0 Å². The van der Waals surface area contributed by atoms with Crippen LogP contribution >= 0.6 is 0 Å². The molecule has 0 atom stereocenters. The number of aliphatic imine (C=N–C) groups is 1. The van der Waals surface area contributed by atoms with E-state index < -0.39 is 0 Å². The fourth-order valence-corrected chi connectivity index (χ4v) is 1.40. The lowest BCUT2D eigenvalue weighted by atomic mass is 10.3. The van der Waals surface area contributed by atoms with Crippen LogP contribution in [-0.4, -0.2) is 24.7 Å². The first-order valence-electron chi connectivity index (χ1n) is 4.33. The first-order chi connectivity index (χ1) is 5.74. The van der Waals surface area contributed by atoms with Gasteiger partial charge in [0.1, 0.15) is 5.82 Å². The van der Waals surface area contributed by atoms with Crippen LogP contribution in [0.25, 0.3) is 0 Å². The van der Waals surface area contributed by atoms with Gasteiger partial charge in [0.05, 0.1) is 0 Å². The van der Waals surface area contributed by atoms with E-state index in [4.69, 9.17) is 0 Å². The van der Waals surface area contributed by atoms with Crippen molar-refractivity contribution >= 4 is 6.72 Å². The van der Waals surface area contributed by atoms with Gasteiger partial charge in [-0.05, 0) is 32.6 Å². The van der Waals surface area contributed by atoms with Crippen LogP contribution in [0.2, 0.25) is 0 Å². The van der Waals surface area contributed by atoms with Crippen LogP contribution in [0.4, 0.5) is 0 Å². The molecule has 1 heterocycles. The monoisotopic (exact) mass is 164 g/mol.